The van der Waals surface area contributed by atoms with Crippen molar-refractivity contribution in [1.29, 1.82) is 0 Å². The minimum atomic E-state index is -0.820. The van der Waals surface area contributed by atoms with Crippen LogP contribution in [0.2, 0.25) is 0 Å². The van der Waals surface area contributed by atoms with Gasteiger partial charge in [-0.1, -0.05) is 19.4 Å². The van der Waals surface area contributed by atoms with Crippen LogP contribution in [0.5, 0.6) is 0 Å². The van der Waals surface area contributed by atoms with E-state index in [1.165, 1.54) is 0 Å². The molecule has 70 valence electrons. The van der Waals surface area contributed by atoms with Gasteiger partial charge >= 0.3 is 5.97 Å². The second-order valence-corrected chi connectivity index (χ2v) is 2.63. The predicted molar refractivity (Wildman–Crippen MR) is 48.9 cm³/mol. The summed E-state index contributed by atoms with van der Waals surface area (Å²) in [5.74, 6) is -0.820. The number of carbonyl (C=O) groups is 1. The molecule has 0 heterocycles. The summed E-state index contributed by atoms with van der Waals surface area (Å²) >= 11 is 0. The highest BCUT2D eigenvalue weighted by Crippen LogP contribution is 2.15. The van der Waals surface area contributed by atoms with E-state index < -0.39 is 5.97 Å². The van der Waals surface area contributed by atoms with Crippen LogP contribution in [0.15, 0.2) is 11.1 Å². The summed E-state index contributed by atoms with van der Waals surface area (Å²) in [4.78, 5) is 10.7. The lowest BCUT2D eigenvalue weighted by Gasteiger charge is -2.07. The van der Waals surface area contributed by atoms with Crippen molar-refractivity contribution in [3.8, 4) is 0 Å². The Hall–Kier alpha value is -0.830. The van der Waals surface area contributed by atoms with E-state index in [2.05, 4.69) is 0 Å². The van der Waals surface area contributed by atoms with Crippen LogP contribution >= 0.6 is 0 Å². The second-order valence-electron chi connectivity index (χ2n) is 2.63. The van der Waals surface area contributed by atoms with Gasteiger partial charge in [0, 0.05) is 5.57 Å². The van der Waals surface area contributed by atoms with E-state index in [4.69, 9.17) is 10.8 Å². The predicted octanol–water partition coefficient (Wildman–Crippen LogP) is 1.54. The van der Waals surface area contributed by atoms with E-state index >= 15 is 0 Å². The summed E-state index contributed by atoms with van der Waals surface area (Å²) in [5.41, 5.74) is 6.83. The zero-order valence-electron chi connectivity index (χ0n) is 7.76. The molecule has 0 aromatic heterocycles. The molecule has 0 aliphatic heterocycles. The molecule has 0 saturated carbocycles. The molecule has 0 saturated heterocycles. The number of nitrogens with two attached hydrogens (primary N) is 1. The van der Waals surface area contributed by atoms with Crippen LogP contribution in [-0.4, -0.2) is 17.6 Å². The number of allylic oxidation sites excluding steroid dienone is 1. The summed E-state index contributed by atoms with van der Waals surface area (Å²) in [6.45, 7) is 4.35. The molecule has 0 aromatic carbocycles. The molecule has 0 amide bonds. The van der Waals surface area contributed by atoms with Crippen LogP contribution in [0.25, 0.3) is 0 Å². The minimum Gasteiger partial charge on any atom is -0.478 e. The monoisotopic (exact) mass is 171 g/mol. The molecule has 0 aromatic rings. The third-order valence-corrected chi connectivity index (χ3v) is 1.93. The van der Waals surface area contributed by atoms with Crippen LogP contribution < -0.4 is 5.73 Å². The third kappa shape index (κ3) is 3.05. The van der Waals surface area contributed by atoms with E-state index in [1.807, 2.05) is 13.8 Å². The van der Waals surface area contributed by atoms with E-state index in [0.29, 0.717) is 18.5 Å². The largest absolute Gasteiger partial charge is 0.478 e. The lowest BCUT2D eigenvalue weighted by molar-refractivity contribution is -0.132. The van der Waals surface area contributed by atoms with Crippen LogP contribution in [0, 0.1) is 0 Å². The smallest absolute Gasteiger partial charge is 0.331 e. The highest BCUT2D eigenvalue weighted by atomic mass is 16.4. The Morgan fingerprint density at radius 2 is 1.83 bits per heavy atom. The maximum atomic E-state index is 10.7. The van der Waals surface area contributed by atoms with Gasteiger partial charge in [-0.25, -0.2) is 4.79 Å². The molecule has 0 bridgehead atoms. The molecule has 12 heavy (non-hydrogen) atoms. The summed E-state index contributed by atoms with van der Waals surface area (Å²) in [5, 5.41) is 8.82. The number of rotatable bonds is 5. The molecule has 0 fully saturated rings. The van der Waals surface area contributed by atoms with Gasteiger partial charge in [-0.3, -0.25) is 0 Å². The van der Waals surface area contributed by atoms with Gasteiger partial charge in [0.15, 0.2) is 0 Å². The van der Waals surface area contributed by atoms with Crippen molar-refractivity contribution in [2.24, 2.45) is 5.73 Å². The van der Waals surface area contributed by atoms with Gasteiger partial charge in [0.1, 0.15) is 0 Å². The number of carboxylic acid groups (broad SMARTS) is 1. The zero-order chi connectivity index (χ0) is 9.56. The van der Waals surface area contributed by atoms with E-state index in [9.17, 15) is 4.79 Å². The molecule has 0 unspecified atom stereocenters. The molecule has 0 atom stereocenters. The fourth-order valence-corrected chi connectivity index (χ4v) is 1.26. The van der Waals surface area contributed by atoms with Gasteiger partial charge in [0.2, 0.25) is 0 Å². The molecule has 0 aliphatic carbocycles. The van der Waals surface area contributed by atoms with Crippen molar-refractivity contribution >= 4 is 5.97 Å². The Morgan fingerprint density at radius 3 is 2.08 bits per heavy atom. The maximum absolute atomic E-state index is 10.7. The van der Waals surface area contributed by atoms with Crippen molar-refractivity contribution < 1.29 is 9.90 Å². The average Bonchev–Trinajstić information content (AvgIpc) is 2.05. The normalized spacial score (nSPS) is 9.58. The Labute approximate surface area is 73.3 Å². The Bertz CT molecular complexity index is 179. The van der Waals surface area contributed by atoms with Crippen molar-refractivity contribution in [2.75, 3.05) is 6.54 Å². The van der Waals surface area contributed by atoms with Crippen molar-refractivity contribution in [2.45, 2.75) is 33.1 Å². The SMILES string of the molecule is CCC(CC)=C(CCN)C(=O)O. The van der Waals surface area contributed by atoms with Crippen LogP contribution in [0.4, 0.5) is 0 Å². The molecular formula is C9H17NO2. The molecule has 0 radical (unpaired) electrons. The summed E-state index contributed by atoms with van der Waals surface area (Å²) in [6, 6.07) is 0. The Balaban J connectivity index is 4.63. The quantitative estimate of drug-likeness (QED) is 0.617. The zero-order valence-corrected chi connectivity index (χ0v) is 7.76. The summed E-state index contributed by atoms with van der Waals surface area (Å²) < 4.78 is 0. The van der Waals surface area contributed by atoms with Crippen molar-refractivity contribution in [3.05, 3.63) is 11.1 Å². The molecular weight excluding hydrogens is 154 g/mol. The topological polar surface area (TPSA) is 63.3 Å². The standard InChI is InChI=1S/C9H17NO2/c1-3-7(4-2)8(5-6-10)9(11)12/h3-6,10H2,1-2H3,(H,11,12). The lowest BCUT2D eigenvalue weighted by atomic mass is 10.0. The number of hydrogen-bond donors (Lipinski definition) is 2. The minimum absolute atomic E-state index is 0.408. The lowest BCUT2D eigenvalue weighted by Crippen LogP contribution is -2.10. The first-order valence-electron chi connectivity index (χ1n) is 4.31. The van der Waals surface area contributed by atoms with Crippen LogP contribution in [0.1, 0.15) is 33.1 Å². The first kappa shape index (κ1) is 11.2. The molecule has 3 heteroatoms. The second kappa shape index (κ2) is 5.77. The number of aliphatic carboxylic acids is 1. The summed E-state index contributed by atoms with van der Waals surface area (Å²) in [7, 11) is 0. The third-order valence-electron chi connectivity index (χ3n) is 1.93. The Kier molecular flexibility index (Phi) is 5.37. The number of carboxylic acids is 1. The first-order valence-corrected chi connectivity index (χ1v) is 4.31. The number of hydrogen-bond acceptors (Lipinski definition) is 2. The molecule has 3 N–H and O–H groups in total. The molecule has 3 nitrogen and oxygen atoms in total. The van der Waals surface area contributed by atoms with Gasteiger partial charge in [-0.05, 0) is 25.8 Å². The highest BCUT2D eigenvalue weighted by Gasteiger charge is 2.10. The van der Waals surface area contributed by atoms with Gasteiger partial charge in [0.05, 0.1) is 0 Å². The first-order chi connectivity index (χ1) is 5.67. The van der Waals surface area contributed by atoms with E-state index in [0.717, 1.165) is 18.4 Å². The van der Waals surface area contributed by atoms with E-state index in [-0.39, 0.29) is 0 Å². The van der Waals surface area contributed by atoms with Crippen molar-refractivity contribution in [3.63, 3.8) is 0 Å². The highest BCUT2D eigenvalue weighted by molar-refractivity contribution is 5.87. The van der Waals surface area contributed by atoms with Crippen molar-refractivity contribution in [1.82, 2.24) is 0 Å². The van der Waals surface area contributed by atoms with Crippen LogP contribution in [0.3, 0.4) is 0 Å². The maximum Gasteiger partial charge on any atom is 0.331 e. The van der Waals surface area contributed by atoms with Gasteiger partial charge in [-0.2, -0.15) is 0 Å². The molecule has 0 aliphatic rings. The molecule has 0 spiro atoms. The van der Waals surface area contributed by atoms with Gasteiger partial charge in [0.25, 0.3) is 0 Å². The summed E-state index contributed by atoms with van der Waals surface area (Å²) in [6.07, 6.45) is 2.09. The molecule has 0 rings (SSSR count). The van der Waals surface area contributed by atoms with Gasteiger partial charge < -0.3 is 10.8 Å². The fraction of sp³-hybridized carbons (Fsp3) is 0.667. The van der Waals surface area contributed by atoms with Crippen LogP contribution in [-0.2, 0) is 4.79 Å². The average molecular weight is 171 g/mol. The van der Waals surface area contributed by atoms with Gasteiger partial charge in [-0.15, -0.1) is 0 Å². The van der Waals surface area contributed by atoms with E-state index in [1.54, 1.807) is 0 Å². The fourth-order valence-electron chi connectivity index (χ4n) is 1.26. The Morgan fingerprint density at radius 1 is 1.33 bits per heavy atom.